The standard InChI is InChI=1S/C13H11ClN2OS/c14-10-8-15-5-3-9(10)13(17)16-6-4-11(16)12-2-1-7-18-12/h1-3,5,7-8,11H,4,6H2. The molecule has 1 unspecified atom stereocenters. The number of likely N-dealkylation sites (tertiary alicyclic amines) is 1. The van der Waals surface area contributed by atoms with Gasteiger partial charge in [0.15, 0.2) is 0 Å². The quantitative estimate of drug-likeness (QED) is 0.844. The van der Waals surface area contributed by atoms with E-state index in [9.17, 15) is 4.79 Å². The third kappa shape index (κ3) is 1.91. The topological polar surface area (TPSA) is 33.2 Å². The predicted molar refractivity (Wildman–Crippen MR) is 72.0 cm³/mol. The van der Waals surface area contributed by atoms with Gasteiger partial charge >= 0.3 is 0 Å². The fourth-order valence-corrected chi connectivity index (χ4v) is 3.18. The molecule has 1 atom stereocenters. The third-order valence-electron chi connectivity index (χ3n) is 3.15. The lowest BCUT2D eigenvalue weighted by atomic mass is 10.00. The minimum Gasteiger partial charge on any atom is -0.331 e. The minimum atomic E-state index is -0.00736. The summed E-state index contributed by atoms with van der Waals surface area (Å²) in [4.78, 5) is 19.4. The number of hydrogen-bond donors (Lipinski definition) is 0. The van der Waals surface area contributed by atoms with E-state index in [2.05, 4.69) is 11.1 Å². The molecular weight excluding hydrogens is 268 g/mol. The van der Waals surface area contributed by atoms with Gasteiger partial charge in [-0.2, -0.15) is 0 Å². The Hall–Kier alpha value is -1.39. The first-order valence-electron chi connectivity index (χ1n) is 5.71. The number of nitrogens with zero attached hydrogens (tertiary/aromatic N) is 2. The summed E-state index contributed by atoms with van der Waals surface area (Å²) in [5.41, 5.74) is 0.535. The number of pyridine rings is 1. The zero-order valence-corrected chi connectivity index (χ0v) is 11.1. The molecule has 2 aromatic rings. The molecule has 1 fully saturated rings. The summed E-state index contributed by atoms with van der Waals surface area (Å²) in [5.74, 6) is -0.00736. The molecule has 18 heavy (non-hydrogen) atoms. The van der Waals surface area contributed by atoms with E-state index in [4.69, 9.17) is 11.6 Å². The maximum Gasteiger partial charge on any atom is 0.256 e. The maximum absolute atomic E-state index is 12.4. The molecule has 1 aliphatic heterocycles. The van der Waals surface area contributed by atoms with Gasteiger partial charge in [0, 0.05) is 23.8 Å². The second kappa shape index (κ2) is 4.71. The molecule has 0 spiro atoms. The molecule has 0 saturated carbocycles. The lowest BCUT2D eigenvalue weighted by Crippen LogP contribution is -2.44. The Morgan fingerprint density at radius 3 is 3.00 bits per heavy atom. The van der Waals surface area contributed by atoms with Gasteiger partial charge in [0.25, 0.3) is 5.91 Å². The summed E-state index contributed by atoms with van der Waals surface area (Å²) < 4.78 is 0. The van der Waals surface area contributed by atoms with Crippen LogP contribution in [0.2, 0.25) is 5.02 Å². The van der Waals surface area contributed by atoms with Crippen LogP contribution in [-0.2, 0) is 0 Å². The molecular formula is C13H11ClN2OS. The van der Waals surface area contributed by atoms with Crippen LogP contribution in [0.4, 0.5) is 0 Å². The van der Waals surface area contributed by atoms with Gasteiger partial charge in [-0.25, -0.2) is 0 Å². The number of amides is 1. The highest BCUT2D eigenvalue weighted by molar-refractivity contribution is 7.10. The number of carbonyl (C=O) groups is 1. The van der Waals surface area contributed by atoms with Gasteiger partial charge in [-0.05, 0) is 23.9 Å². The van der Waals surface area contributed by atoms with Crippen LogP contribution in [0.5, 0.6) is 0 Å². The van der Waals surface area contributed by atoms with Crippen molar-refractivity contribution in [2.24, 2.45) is 0 Å². The van der Waals surface area contributed by atoms with E-state index >= 15 is 0 Å². The van der Waals surface area contributed by atoms with E-state index in [0.29, 0.717) is 10.6 Å². The second-order valence-electron chi connectivity index (χ2n) is 4.17. The average molecular weight is 279 g/mol. The van der Waals surface area contributed by atoms with Crippen molar-refractivity contribution < 1.29 is 4.79 Å². The predicted octanol–water partition coefficient (Wildman–Crippen LogP) is 3.38. The van der Waals surface area contributed by atoms with E-state index < -0.39 is 0 Å². The lowest BCUT2D eigenvalue weighted by Gasteiger charge is -2.40. The van der Waals surface area contributed by atoms with E-state index in [0.717, 1.165) is 13.0 Å². The molecule has 1 amide bonds. The molecule has 0 aromatic carbocycles. The highest BCUT2D eigenvalue weighted by Crippen LogP contribution is 2.37. The number of thiophene rings is 1. The van der Waals surface area contributed by atoms with Gasteiger partial charge in [0.2, 0.25) is 0 Å². The first-order chi connectivity index (χ1) is 8.77. The summed E-state index contributed by atoms with van der Waals surface area (Å²) in [6.07, 6.45) is 4.13. The van der Waals surface area contributed by atoms with Crippen molar-refractivity contribution in [1.29, 1.82) is 0 Å². The van der Waals surface area contributed by atoms with Gasteiger partial charge < -0.3 is 4.90 Å². The average Bonchev–Trinajstić information content (AvgIpc) is 2.81. The van der Waals surface area contributed by atoms with Crippen molar-refractivity contribution in [3.05, 3.63) is 51.4 Å². The molecule has 5 heteroatoms. The highest BCUT2D eigenvalue weighted by Gasteiger charge is 2.35. The van der Waals surface area contributed by atoms with E-state index in [1.807, 2.05) is 16.3 Å². The molecule has 0 bridgehead atoms. The van der Waals surface area contributed by atoms with Gasteiger partial charge in [-0.3, -0.25) is 9.78 Å². The van der Waals surface area contributed by atoms with Gasteiger partial charge in [-0.1, -0.05) is 17.7 Å². The van der Waals surface area contributed by atoms with Gasteiger partial charge in [-0.15, -0.1) is 11.3 Å². The van der Waals surface area contributed by atoms with Crippen molar-refractivity contribution in [3.63, 3.8) is 0 Å². The molecule has 3 rings (SSSR count). The van der Waals surface area contributed by atoms with Crippen molar-refractivity contribution in [1.82, 2.24) is 9.88 Å². The Morgan fingerprint density at radius 1 is 1.50 bits per heavy atom. The molecule has 0 aliphatic carbocycles. The van der Waals surface area contributed by atoms with Crippen LogP contribution in [0.15, 0.2) is 36.0 Å². The summed E-state index contributed by atoms with van der Waals surface area (Å²) >= 11 is 7.70. The molecule has 2 aromatic heterocycles. The zero-order valence-electron chi connectivity index (χ0n) is 9.54. The van der Waals surface area contributed by atoms with Crippen molar-refractivity contribution in [2.45, 2.75) is 12.5 Å². The molecule has 1 aliphatic rings. The van der Waals surface area contributed by atoms with E-state index in [1.54, 1.807) is 23.6 Å². The van der Waals surface area contributed by atoms with Crippen LogP contribution in [0.25, 0.3) is 0 Å². The number of hydrogen-bond acceptors (Lipinski definition) is 3. The molecule has 3 heterocycles. The smallest absolute Gasteiger partial charge is 0.256 e. The van der Waals surface area contributed by atoms with Gasteiger partial charge in [0.1, 0.15) is 0 Å². The van der Waals surface area contributed by atoms with Crippen molar-refractivity contribution in [3.8, 4) is 0 Å². The maximum atomic E-state index is 12.4. The van der Waals surface area contributed by atoms with Crippen LogP contribution in [-0.4, -0.2) is 22.3 Å². The Balaban J connectivity index is 1.84. The lowest BCUT2D eigenvalue weighted by molar-refractivity contribution is 0.0468. The Labute approximate surface area is 114 Å². The SMILES string of the molecule is O=C(c1ccncc1Cl)N1CCC1c1cccs1. The zero-order chi connectivity index (χ0) is 12.5. The molecule has 3 nitrogen and oxygen atoms in total. The summed E-state index contributed by atoms with van der Waals surface area (Å²) in [6, 6.07) is 5.97. The fraction of sp³-hybridized carbons (Fsp3) is 0.231. The number of carbonyl (C=O) groups excluding carboxylic acids is 1. The Bertz CT molecular complexity index is 570. The molecule has 0 N–H and O–H groups in total. The second-order valence-corrected chi connectivity index (χ2v) is 5.56. The van der Waals surface area contributed by atoms with E-state index in [1.165, 1.54) is 11.1 Å². The fourth-order valence-electron chi connectivity index (χ4n) is 2.11. The minimum absolute atomic E-state index is 0.00736. The monoisotopic (exact) mass is 278 g/mol. The Kier molecular flexibility index (Phi) is 3.06. The van der Waals surface area contributed by atoms with Gasteiger partial charge in [0.05, 0.1) is 16.6 Å². The number of rotatable bonds is 2. The van der Waals surface area contributed by atoms with Crippen LogP contribution in [0.3, 0.4) is 0 Å². The van der Waals surface area contributed by atoms with Crippen molar-refractivity contribution >= 4 is 28.8 Å². The number of halogens is 1. The van der Waals surface area contributed by atoms with Crippen LogP contribution < -0.4 is 0 Å². The van der Waals surface area contributed by atoms with Crippen LogP contribution in [0.1, 0.15) is 27.7 Å². The molecule has 1 saturated heterocycles. The molecule has 92 valence electrons. The van der Waals surface area contributed by atoms with Crippen LogP contribution in [0, 0.1) is 0 Å². The largest absolute Gasteiger partial charge is 0.331 e. The molecule has 0 radical (unpaired) electrons. The third-order valence-corrected chi connectivity index (χ3v) is 4.43. The highest BCUT2D eigenvalue weighted by atomic mass is 35.5. The normalized spacial score (nSPS) is 18.5. The summed E-state index contributed by atoms with van der Waals surface area (Å²) in [5, 5.41) is 2.45. The Morgan fingerprint density at radius 2 is 2.39 bits per heavy atom. The van der Waals surface area contributed by atoms with Crippen molar-refractivity contribution in [2.75, 3.05) is 6.54 Å². The summed E-state index contributed by atoms with van der Waals surface area (Å²) in [7, 11) is 0. The summed E-state index contributed by atoms with van der Waals surface area (Å²) in [6.45, 7) is 0.792. The first kappa shape index (κ1) is 11.7. The number of aromatic nitrogens is 1. The van der Waals surface area contributed by atoms with Crippen LogP contribution >= 0.6 is 22.9 Å². The van der Waals surface area contributed by atoms with E-state index in [-0.39, 0.29) is 11.9 Å². The first-order valence-corrected chi connectivity index (χ1v) is 6.97.